The summed E-state index contributed by atoms with van der Waals surface area (Å²) < 4.78 is 15.5. The largest absolute Gasteiger partial charge is 0.460 e. The summed E-state index contributed by atoms with van der Waals surface area (Å²) in [6.45, 7) is 4.64. The molecule has 9 nitrogen and oxygen atoms in total. The fraction of sp³-hybridized carbons (Fsp3) is 0.375. The lowest BCUT2D eigenvalue weighted by molar-refractivity contribution is -0.140. The van der Waals surface area contributed by atoms with Crippen LogP contribution in [0.1, 0.15) is 48.8 Å². The predicted octanol–water partition coefficient (Wildman–Crippen LogP) is 3.86. The Morgan fingerprint density at radius 1 is 1.21 bits per heavy atom. The van der Waals surface area contributed by atoms with Gasteiger partial charge in [0.05, 0.1) is 24.5 Å². The molecule has 0 radical (unpaired) electrons. The molecule has 0 fully saturated rings. The minimum atomic E-state index is -0.731. The lowest BCUT2D eigenvalue weighted by Crippen LogP contribution is -2.48. The third-order valence-electron chi connectivity index (χ3n) is 5.29. The molecular formula is C24H29N3O6. The predicted molar refractivity (Wildman–Crippen MR) is 122 cm³/mol. The van der Waals surface area contributed by atoms with Crippen LogP contribution in [0.4, 0.5) is 10.5 Å². The van der Waals surface area contributed by atoms with Gasteiger partial charge in [-0.15, -0.1) is 0 Å². The second kappa shape index (κ2) is 11.3. The van der Waals surface area contributed by atoms with Gasteiger partial charge in [0.1, 0.15) is 6.61 Å². The van der Waals surface area contributed by atoms with E-state index in [0.717, 1.165) is 12.8 Å². The molecule has 33 heavy (non-hydrogen) atoms. The van der Waals surface area contributed by atoms with Crippen LogP contribution < -0.4 is 10.6 Å². The van der Waals surface area contributed by atoms with Gasteiger partial charge in [0.25, 0.3) is 5.91 Å². The van der Waals surface area contributed by atoms with E-state index < -0.39 is 17.9 Å². The quantitative estimate of drug-likeness (QED) is 0.416. The number of hydrogen-bond donors (Lipinski definition) is 2. The number of urea groups is 1. The maximum absolute atomic E-state index is 13.0. The van der Waals surface area contributed by atoms with Gasteiger partial charge < -0.3 is 24.5 Å². The highest BCUT2D eigenvalue weighted by molar-refractivity contribution is 6.02. The number of benzene rings is 1. The number of carbonyl (C=O) groups is 3. The molecule has 0 saturated heterocycles. The zero-order valence-corrected chi connectivity index (χ0v) is 19.1. The first-order chi connectivity index (χ1) is 16.0. The summed E-state index contributed by atoms with van der Waals surface area (Å²) in [7, 11) is 1.52. The Morgan fingerprint density at radius 2 is 2.03 bits per heavy atom. The number of ether oxygens (including phenoxy) is 2. The molecule has 1 aliphatic rings. The minimum absolute atomic E-state index is 0.0982. The number of methoxy groups -OCH3 is 1. The number of nitrogens with zero attached hydrogens (tertiary/aromatic N) is 1. The van der Waals surface area contributed by atoms with Gasteiger partial charge in [-0.05, 0) is 43.2 Å². The van der Waals surface area contributed by atoms with Crippen LogP contribution >= 0.6 is 0 Å². The Hall–Kier alpha value is -3.59. The standard InChI is InChI=1S/C24H29N3O6/c1-4-5-11-27-16(2)20(23(29)33-14-13-31-3)21(26-24(27)30)17-8-6-9-18(15-17)25-22(28)19-10-7-12-32-19/h6-10,12,15,21H,4-5,11,13-14H2,1-3H3,(H,25,28)(H,26,30). The van der Waals surface area contributed by atoms with Gasteiger partial charge in [-0.3, -0.25) is 9.69 Å². The van der Waals surface area contributed by atoms with Crippen LogP contribution in [-0.4, -0.2) is 49.7 Å². The van der Waals surface area contributed by atoms with E-state index in [1.165, 1.54) is 13.4 Å². The minimum Gasteiger partial charge on any atom is -0.460 e. The van der Waals surface area contributed by atoms with Crippen molar-refractivity contribution in [2.75, 3.05) is 32.2 Å². The highest BCUT2D eigenvalue weighted by Crippen LogP contribution is 2.32. The molecule has 0 saturated carbocycles. The van der Waals surface area contributed by atoms with Crippen LogP contribution in [0.25, 0.3) is 0 Å². The molecule has 0 aliphatic carbocycles. The van der Waals surface area contributed by atoms with E-state index in [0.29, 0.717) is 29.1 Å². The van der Waals surface area contributed by atoms with Gasteiger partial charge in [-0.25, -0.2) is 9.59 Å². The maximum Gasteiger partial charge on any atom is 0.338 e. The lowest BCUT2D eigenvalue weighted by Gasteiger charge is -2.35. The van der Waals surface area contributed by atoms with Crippen molar-refractivity contribution < 1.29 is 28.3 Å². The third kappa shape index (κ3) is 5.81. The van der Waals surface area contributed by atoms with Crippen molar-refractivity contribution in [2.24, 2.45) is 0 Å². The van der Waals surface area contributed by atoms with Crippen molar-refractivity contribution in [3.05, 3.63) is 65.3 Å². The summed E-state index contributed by atoms with van der Waals surface area (Å²) in [5.74, 6) is -0.751. The van der Waals surface area contributed by atoms with Gasteiger partial charge in [0.15, 0.2) is 5.76 Å². The van der Waals surface area contributed by atoms with Gasteiger partial charge in [-0.1, -0.05) is 25.5 Å². The molecule has 2 N–H and O–H groups in total. The van der Waals surface area contributed by atoms with Crippen LogP contribution in [-0.2, 0) is 14.3 Å². The van der Waals surface area contributed by atoms with Gasteiger partial charge in [0, 0.05) is 25.0 Å². The van der Waals surface area contributed by atoms with Crippen molar-refractivity contribution in [2.45, 2.75) is 32.7 Å². The molecule has 1 aliphatic heterocycles. The Morgan fingerprint density at radius 3 is 2.73 bits per heavy atom. The molecular weight excluding hydrogens is 426 g/mol. The Balaban J connectivity index is 1.91. The number of allylic oxidation sites excluding steroid dienone is 1. The average Bonchev–Trinajstić information content (AvgIpc) is 3.34. The van der Waals surface area contributed by atoms with Crippen LogP contribution in [0.3, 0.4) is 0 Å². The van der Waals surface area contributed by atoms with Crippen LogP contribution in [0.15, 0.2) is 58.3 Å². The summed E-state index contributed by atoms with van der Waals surface area (Å²) in [6.07, 6.45) is 3.13. The topological polar surface area (TPSA) is 110 Å². The van der Waals surface area contributed by atoms with Crippen molar-refractivity contribution in [3.8, 4) is 0 Å². The SMILES string of the molecule is CCCCN1C(=O)NC(c2cccc(NC(=O)c3ccco3)c2)C(C(=O)OCCOC)=C1C. The highest BCUT2D eigenvalue weighted by atomic mass is 16.6. The maximum atomic E-state index is 13.0. The van der Waals surface area contributed by atoms with E-state index in [4.69, 9.17) is 13.9 Å². The number of amides is 3. The molecule has 0 bridgehead atoms. The Labute approximate surface area is 192 Å². The first-order valence-corrected chi connectivity index (χ1v) is 10.9. The number of nitrogens with one attached hydrogen (secondary N) is 2. The highest BCUT2D eigenvalue weighted by Gasteiger charge is 2.36. The van der Waals surface area contributed by atoms with Crippen LogP contribution in [0, 0.1) is 0 Å². The molecule has 1 aromatic heterocycles. The molecule has 9 heteroatoms. The molecule has 1 aromatic carbocycles. The molecule has 1 unspecified atom stereocenters. The Bertz CT molecular complexity index is 1010. The number of unbranched alkanes of at least 4 members (excludes halogenated alkanes) is 1. The first-order valence-electron chi connectivity index (χ1n) is 10.9. The molecule has 3 amide bonds. The number of rotatable bonds is 10. The van der Waals surface area contributed by atoms with Crippen molar-refractivity contribution in [1.82, 2.24) is 10.2 Å². The molecule has 3 rings (SSSR count). The van der Waals surface area contributed by atoms with E-state index in [1.807, 2.05) is 6.92 Å². The smallest absolute Gasteiger partial charge is 0.338 e. The number of carbonyl (C=O) groups excluding carboxylic acids is 3. The van der Waals surface area contributed by atoms with E-state index in [9.17, 15) is 14.4 Å². The second-order valence-corrected chi connectivity index (χ2v) is 7.57. The van der Waals surface area contributed by atoms with E-state index in [2.05, 4.69) is 10.6 Å². The van der Waals surface area contributed by atoms with E-state index in [1.54, 1.807) is 48.2 Å². The van der Waals surface area contributed by atoms with Crippen molar-refractivity contribution >= 4 is 23.6 Å². The summed E-state index contributed by atoms with van der Waals surface area (Å²) in [4.78, 5) is 39.8. The third-order valence-corrected chi connectivity index (χ3v) is 5.29. The summed E-state index contributed by atoms with van der Waals surface area (Å²) >= 11 is 0. The van der Waals surface area contributed by atoms with Crippen LogP contribution in [0.2, 0.25) is 0 Å². The van der Waals surface area contributed by atoms with E-state index >= 15 is 0 Å². The molecule has 1 atom stereocenters. The molecule has 0 spiro atoms. The average molecular weight is 456 g/mol. The van der Waals surface area contributed by atoms with Crippen LogP contribution in [0.5, 0.6) is 0 Å². The normalized spacial score (nSPS) is 15.9. The zero-order valence-electron chi connectivity index (χ0n) is 19.1. The second-order valence-electron chi connectivity index (χ2n) is 7.57. The van der Waals surface area contributed by atoms with Gasteiger partial charge >= 0.3 is 12.0 Å². The van der Waals surface area contributed by atoms with Gasteiger partial charge in [-0.2, -0.15) is 0 Å². The fourth-order valence-electron chi connectivity index (χ4n) is 3.57. The summed E-state index contributed by atoms with van der Waals surface area (Å²) in [5, 5.41) is 5.68. The number of anilines is 1. The number of furan rings is 1. The monoisotopic (exact) mass is 455 g/mol. The lowest BCUT2D eigenvalue weighted by atomic mass is 9.94. The molecule has 176 valence electrons. The number of hydrogen-bond acceptors (Lipinski definition) is 6. The zero-order chi connectivity index (χ0) is 23.8. The number of esters is 1. The first kappa shape index (κ1) is 24.1. The molecule has 2 heterocycles. The van der Waals surface area contributed by atoms with Crippen molar-refractivity contribution in [1.29, 1.82) is 0 Å². The fourth-order valence-corrected chi connectivity index (χ4v) is 3.57. The van der Waals surface area contributed by atoms with Crippen molar-refractivity contribution in [3.63, 3.8) is 0 Å². The summed E-state index contributed by atoms with van der Waals surface area (Å²) in [6, 6.07) is 9.12. The van der Waals surface area contributed by atoms with E-state index in [-0.39, 0.29) is 25.0 Å². The Kier molecular flexibility index (Phi) is 8.26. The summed E-state index contributed by atoms with van der Waals surface area (Å²) in [5.41, 5.74) is 2.02. The van der Waals surface area contributed by atoms with Gasteiger partial charge in [0.2, 0.25) is 0 Å². The molecule has 2 aromatic rings.